The molecule has 0 saturated heterocycles. The zero-order valence-corrected chi connectivity index (χ0v) is 13.1. The van der Waals surface area contributed by atoms with Gasteiger partial charge in [0, 0.05) is 18.2 Å². The van der Waals surface area contributed by atoms with Crippen LogP contribution in [-0.2, 0) is 16.6 Å². The zero-order chi connectivity index (χ0) is 15.6. The lowest BCUT2D eigenvalue weighted by atomic mass is 10.1. The highest BCUT2D eigenvalue weighted by molar-refractivity contribution is 7.89. The van der Waals surface area contributed by atoms with Crippen molar-refractivity contribution in [3.05, 3.63) is 46.8 Å². The van der Waals surface area contributed by atoms with Gasteiger partial charge in [-0.15, -0.1) is 0 Å². The van der Waals surface area contributed by atoms with Gasteiger partial charge >= 0.3 is 0 Å². The smallest absolute Gasteiger partial charge is 0.241 e. The number of aryl methyl sites for hydroxylation is 2. The number of benzene rings is 1. The van der Waals surface area contributed by atoms with E-state index in [1.54, 1.807) is 45.0 Å². The van der Waals surface area contributed by atoms with Gasteiger partial charge in [-0.3, -0.25) is 0 Å². The van der Waals surface area contributed by atoms with Crippen LogP contribution in [0.15, 0.2) is 33.7 Å². The van der Waals surface area contributed by atoms with E-state index in [1.807, 2.05) is 0 Å². The van der Waals surface area contributed by atoms with Gasteiger partial charge in [-0.2, -0.15) is 0 Å². The van der Waals surface area contributed by atoms with Crippen LogP contribution in [0.5, 0.6) is 0 Å². The molecule has 0 aliphatic carbocycles. The Hall–Kier alpha value is -1.70. The molecule has 7 heteroatoms. The molecule has 2 rings (SSSR count). The van der Waals surface area contributed by atoms with E-state index in [4.69, 9.17) is 10.3 Å². The number of nitrogens with two attached hydrogens (primary N) is 1. The fourth-order valence-corrected chi connectivity index (χ4v) is 3.49. The normalized spacial score (nSPS) is 13.3. The average Bonchev–Trinajstić information content (AvgIpc) is 2.77. The van der Waals surface area contributed by atoms with Crippen molar-refractivity contribution in [1.82, 2.24) is 9.88 Å². The molecule has 2 aromatic rings. The summed E-state index contributed by atoms with van der Waals surface area (Å²) in [6, 6.07) is 6.08. The van der Waals surface area contributed by atoms with Crippen LogP contribution in [0.25, 0.3) is 0 Å². The summed E-state index contributed by atoms with van der Waals surface area (Å²) in [6.07, 6.45) is 0. The number of hydrogen-bond donors (Lipinski definition) is 2. The number of hydrogen-bond acceptors (Lipinski definition) is 5. The maximum Gasteiger partial charge on any atom is 0.241 e. The summed E-state index contributed by atoms with van der Waals surface area (Å²) in [4.78, 5) is 0.207. The highest BCUT2D eigenvalue weighted by Gasteiger charge is 2.22. The molecule has 0 aliphatic rings. The Bertz CT molecular complexity index is 701. The number of sulfonamides is 1. The number of nitrogens with zero attached hydrogens (tertiary/aromatic N) is 1. The lowest BCUT2D eigenvalue weighted by Gasteiger charge is -2.14. The second-order valence-electron chi connectivity index (χ2n) is 4.93. The molecular weight excluding hydrogens is 290 g/mol. The third-order valence-corrected chi connectivity index (χ3v) is 4.88. The van der Waals surface area contributed by atoms with Crippen LogP contribution in [0.1, 0.15) is 35.5 Å². The summed E-state index contributed by atoms with van der Waals surface area (Å²) in [5.74, 6) is 0.612. The fraction of sp³-hybridized carbons (Fsp3) is 0.357. The maximum absolute atomic E-state index is 12.4. The second-order valence-corrected chi connectivity index (χ2v) is 6.64. The molecular formula is C14H19N3O3S. The summed E-state index contributed by atoms with van der Waals surface area (Å²) in [5, 5.41) is 3.84. The van der Waals surface area contributed by atoms with Crippen LogP contribution in [0, 0.1) is 13.8 Å². The summed E-state index contributed by atoms with van der Waals surface area (Å²) < 4.78 is 32.4. The van der Waals surface area contributed by atoms with E-state index in [-0.39, 0.29) is 4.90 Å². The molecule has 3 N–H and O–H groups in total. The van der Waals surface area contributed by atoms with Gasteiger partial charge < -0.3 is 10.3 Å². The SMILES string of the molecule is Cc1noc(C)c1C(C)NS(=O)(=O)c1ccc(CN)cc1. The lowest BCUT2D eigenvalue weighted by molar-refractivity contribution is 0.391. The van der Waals surface area contributed by atoms with Gasteiger partial charge in [-0.25, -0.2) is 13.1 Å². The Morgan fingerprint density at radius 1 is 1.29 bits per heavy atom. The molecule has 1 unspecified atom stereocenters. The topological polar surface area (TPSA) is 98.2 Å². The van der Waals surface area contributed by atoms with E-state index >= 15 is 0 Å². The van der Waals surface area contributed by atoms with Crippen molar-refractivity contribution in [2.45, 2.75) is 38.3 Å². The summed E-state index contributed by atoms with van der Waals surface area (Å²) in [7, 11) is -3.60. The maximum atomic E-state index is 12.4. The Morgan fingerprint density at radius 3 is 2.38 bits per heavy atom. The van der Waals surface area contributed by atoms with Crippen molar-refractivity contribution >= 4 is 10.0 Å². The quantitative estimate of drug-likeness (QED) is 0.877. The van der Waals surface area contributed by atoms with Crippen molar-refractivity contribution in [2.75, 3.05) is 0 Å². The Labute approximate surface area is 124 Å². The minimum atomic E-state index is -3.60. The van der Waals surface area contributed by atoms with Crippen molar-refractivity contribution in [3.8, 4) is 0 Å². The molecule has 0 aliphatic heterocycles. The van der Waals surface area contributed by atoms with Gasteiger partial charge in [-0.1, -0.05) is 17.3 Å². The Kier molecular flexibility index (Phi) is 4.46. The standard InChI is InChI=1S/C14H19N3O3S/c1-9-14(11(3)20-16-9)10(2)17-21(18,19)13-6-4-12(8-15)5-7-13/h4-7,10,17H,8,15H2,1-3H3. The molecule has 21 heavy (non-hydrogen) atoms. The van der Waals surface area contributed by atoms with E-state index < -0.39 is 16.1 Å². The van der Waals surface area contributed by atoms with Crippen LogP contribution in [0.4, 0.5) is 0 Å². The van der Waals surface area contributed by atoms with E-state index in [0.717, 1.165) is 11.1 Å². The van der Waals surface area contributed by atoms with E-state index in [0.29, 0.717) is 18.0 Å². The zero-order valence-electron chi connectivity index (χ0n) is 12.3. The molecule has 0 spiro atoms. The Morgan fingerprint density at radius 2 is 1.90 bits per heavy atom. The molecule has 1 aromatic heterocycles. The van der Waals surface area contributed by atoms with E-state index in [9.17, 15) is 8.42 Å². The van der Waals surface area contributed by atoms with E-state index in [1.165, 1.54) is 0 Å². The van der Waals surface area contributed by atoms with Crippen molar-refractivity contribution in [2.24, 2.45) is 5.73 Å². The first-order chi connectivity index (χ1) is 9.85. The largest absolute Gasteiger partial charge is 0.361 e. The van der Waals surface area contributed by atoms with Gasteiger partial charge in [-0.05, 0) is 38.5 Å². The monoisotopic (exact) mass is 309 g/mol. The predicted molar refractivity (Wildman–Crippen MR) is 79.0 cm³/mol. The lowest BCUT2D eigenvalue weighted by Crippen LogP contribution is -2.27. The molecule has 6 nitrogen and oxygen atoms in total. The highest BCUT2D eigenvalue weighted by atomic mass is 32.2. The average molecular weight is 309 g/mol. The van der Waals surface area contributed by atoms with Gasteiger partial charge in [0.1, 0.15) is 5.76 Å². The fourth-order valence-electron chi connectivity index (χ4n) is 2.27. The molecule has 0 saturated carbocycles. The highest BCUT2D eigenvalue weighted by Crippen LogP contribution is 2.23. The molecule has 0 bridgehead atoms. The Balaban J connectivity index is 2.24. The van der Waals surface area contributed by atoms with Gasteiger partial charge in [0.25, 0.3) is 0 Å². The first-order valence-corrected chi connectivity index (χ1v) is 8.07. The molecule has 0 amide bonds. The molecule has 1 heterocycles. The van der Waals surface area contributed by atoms with Crippen LogP contribution in [0.3, 0.4) is 0 Å². The van der Waals surface area contributed by atoms with Crippen LogP contribution in [-0.4, -0.2) is 13.6 Å². The second kappa shape index (κ2) is 5.97. The number of rotatable bonds is 5. The van der Waals surface area contributed by atoms with Crippen LogP contribution >= 0.6 is 0 Å². The first-order valence-electron chi connectivity index (χ1n) is 6.59. The molecule has 0 radical (unpaired) electrons. The summed E-state index contributed by atoms with van der Waals surface area (Å²) >= 11 is 0. The van der Waals surface area contributed by atoms with Gasteiger partial charge in [0.05, 0.1) is 10.6 Å². The van der Waals surface area contributed by atoms with E-state index in [2.05, 4.69) is 9.88 Å². The molecule has 114 valence electrons. The molecule has 1 atom stereocenters. The van der Waals surface area contributed by atoms with Gasteiger partial charge in [0.15, 0.2) is 0 Å². The van der Waals surface area contributed by atoms with Crippen LogP contribution < -0.4 is 10.5 Å². The first kappa shape index (κ1) is 15.7. The predicted octanol–water partition coefficient (Wildman–Crippen LogP) is 1.79. The molecule has 1 aromatic carbocycles. The minimum absolute atomic E-state index is 0.207. The summed E-state index contributed by atoms with van der Waals surface area (Å²) in [6.45, 7) is 5.68. The molecule has 0 fully saturated rings. The van der Waals surface area contributed by atoms with Crippen molar-refractivity contribution < 1.29 is 12.9 Å². The third kappa shape index (κ3) is 3.31. The third-order valence-electron chi connectivity index (χ3n) is 3.32. The van der Waals surface area contributed by atoms with Crippen LogP contribution in [0.2, 0.25) is 0 Å². The number of aromatic nitrogens is 1. The van der Waals surface area contributed by atoms with Gasteiger partial charge in [0.2, 0.25) is 10.0 Å². The minimum Gasteiger partial charge on any atom is -0.361 e. The summed E-state index contributed by atoms with van der Waals surface area (Å²) in [5.41, 5.74) is 7.83. The van der Waals surface area contributed by atoms with Crippen molar-refractivity contribution in [1.29, 1.82) is 0 Å². The number of nitrogens with one attached hydrogen (secondary N) is 1. The van der Waals surface area contributed by atoms with Crippen molar-refractivity contribution in [3.63, 3.8) is 0 Å².